The Morgan fingerprint density at radius 3 is 2.24 bits per heavy atom. The largest absolute Gasteiger partial charge is 0.454 e. The van der Waals surface area contributed by atoms with Gasteiger partial charge in [-0.15, -0.1) is 12.4 Å². The Morgan fingerprint density at radius 1 is 0.892 bits per heavy atom. The van der Waals surface area contributed by atoms with Crippen LogP contribution in [-0.4, -0.2) is 57.7 Å². The third-order valence-electron chi connectivity index (χ3n) is 6.74. The number of nitrogens with one attached hydrogen (secondary N) is 1. The molecule has 10 heteroatoms. The summed E-state index contributed by atoms with van der Waals surface area (Å²) in [5.74, 6) is 1.10. The number of fused-ring (bicyclic) bond motifs is 1. The first kappa shape index (κ1) is 27.3. The van der Waals surface area contributed by atoms with Crippen molar-refractivity contribution in [3.8, 4) is 11.5 Å². The molecule has 198 valence electrons. The minimum atomic E-state index is -3.87. The number of rotatable bonds is 8. The van der Waals surface area contributed by atoms with Gasteiger partial charge in [0.25, 0.3) is 0 Å². The molecule has 1 unspecified atom stereocenters. The monoisotopic (exact) mass is 547 g/mol. The fourth-order valence-electron chi connectivity index (χ4n) is 4.81. The summed E-state index contributed by atoms with van der Waals surface area (Å²) in [7, 11) is -3.87. The molecular formula is C27H31ClFN3O4S. The minimum absolute atomic E-state index is 0. The number of nitrogens with zero attached hydrogens (tertiary/aromatic N) is 2. The van der Waals surface area contributed by atoms with Gasteiger partial charge in [-0.2, -0.15) is 4.72 Å². The van der Waals surface area contributed by atoms with Gasteiger partial charge in [0.05, 0.1) is 10.4 Å². The Morgan fingerprint density at radius 2 is 1.54 bits per heavy atom. The van der Waals surface area contributed by atoms with E-state index in [0.29, 0.717) is 6.54 Å². The molecule has 5 rings (SSSR count). The van der Waals surface area contributed by atoms with Crippen molar-refractivity contribution in [3.05, 3.63) is 89.7 Å². The second-order valence-corrected chi connectivity index (χ2v) is 11.2. The highest BCUT2D eigenvalue weighted by Crippen LogP contribution is 2.33. The predicted octanol–water partition coefficient (Wildman–Crippen LogP) is 3.99. The lowest BCUT2D eigenvalue weighted by Gasteiger charge is -2.40. The molecule has 0 aliphatic carbocycles. The molecule has 7 nitrogen and oxygen atoms in total. The second-order valence-electron chi connectivity index (χ2n) is 9.50. The smallest absolute Gasteiger partial charge is 0.241 e. The summed E-state index contributed by atoms with van der Waals surface area (Å²) in [6, 6.07) is 20.5. The van der Waals surface area contributed by atoms with Crippen molar-refractivity contribution in [3.63, 3.8) is 0 Å². The zero-order valence-corrected chi connectivity index (χ0v) is 22.2. The molecule has 2 aliphatic heterocycles. The average molecular weight is 548 g/mol. The normalized spacial score (nSPS) is 17.7. The van der Waals surface area contributed by atoms with Crippen LogP contribution in [0, 0.1) is 5.82 Å². The summed E-state index contributed by atoms with van der Waals surface area (Å²) < 4.78 is 53.6. The molecule has 0 saturated carbocycles. The molecule has 2 heterocycles. The number of benzene rings is 3. The van der Waals surface area contributed by atoms with E-state index in [2.05, 4.69) is 20.6 Å². The third-order valence-corrected chi connectivity index (χ3v) is 8.35. The van der Waals surface area contributed by atoms with E-state index in [4.69, 9.17) is 9.47 Å². The van der Waals surface area contributed by atoms with Gasteiger partial charge < -0.3 is 9.47 Å². The molecule has 0 amide bonds. The maximum absolute atomic E-state index is 13.4. The Balaban J connectivity index is 0.00000320. The molecule has 37 heavy (non-hydrogen) atoms. The van der Waals surface area contributed by atoms with E-state index in [9.17, 15) is 12.8 Å². The molecule has 0 spiro atoms. The standard InChI is InChI=1S/C27H30FN3O4S.ClH/c1-27(22-5-3-2-4-6-22,29-36(32,33)24-10-8-23(28)9-11-24)19-31-15-13-30(14-16-31)18-21-7-12-25-26(17-21)35-20-34-25;/h2-12,17,29H,13-16,18-20H2,1H3;1H. The molecule has 1 saturated heterocycles. The van der Waals surface area contributed by atoms with Crippen LogP contribution in [0.5, 0.6) is 11.5 Å². The summed E-state index contributed by atoms with van der Waals surface area (Å²) in [6.45, 7) is 6.85. The van der Waals surface area contributed by atoms with E-state index in [1.807, 2.05) is 49.4 Å². The zero-order valence-electron chi connectivity index (χ0n) is 20.6. The summed E-state index contributed by atoms with van der Waals surface area (Å²) >= 11 is 0. The third kappa shape index (κ3) is 6.42. The second kappa shape index (κ2) is 11.4. The van der Waals surface area contributed by atoms with Crippen molar-refractivity contribution in [2.45, 2.75) is 23.9 Å². The maximum Gasteiger partial charge on any atom is 0.241 e. The van der Waals surface area contributed by atoms with Crippen molar-refractivity contribution in [1.29, 1.82) is 0 Å². The Bertz CT molecular complexity index is 1300. The van der Waals surface area contributed by atoms with Crippen LogP contribution in [-0.2, 0) is 22.1 Å². The van der Waals surface area contributed by atoms with Gasteiger partial charge in [0.15, 0.2) is 11.5 Å². The van der Waals surface area contributed by atoms with Crippen molar-refractivity contribution in [1.82, 2.24) is 14.5 Å². The number of hydrogen-bond acceptors (Lipinski definition) is 6. The lowest BCUT2D eigenvalue weighted by molar-refractivity contribution is 0.105. The first-order valence-corrected chi connectivity index (χ1v) is 13.5. The van der Waals surface area contributed by atoms with Crippen LogP contribution in [0.3, 0.4) is 0 Å². The number of hydrogen-bond donors (Lipinski definition) is 1. The van der Waals surface area contributed by atoms with Gasteiger partial charge in [-0.3, -0.25) is 9.80 Å². The first-order chi connectivity index (χ1) is 17.3. The van der Waals surface area contributed by atoms with E-state index >= 15 is 0 Å². The van der Waals surface area contributed by atoms with E-state index in [1.165, 1.54) is 17.7 Å². The van der Waals surface area contributed by atoms with E-state index in [1.54, 1.807) is 0 Å². The van der Waals surface area contributed by atoms with Crippen LogP contribution < -0.4 is 14.2 Å². The van der Waals surface area contributed by atoms with E-state index < -0.39 is 21.4 Å². The molecule has 1 fully saturated rings. The molecule has 1 atom stereocenters. The molecule has 0 bridgehead atoms. The summed E-state index contributed by atoms with van der Waals surface area (Å²) in [5.41, 5.74) is 1.18. The highest BCUT2D eigenvalue weighted by Gasteiger charge is 2.35. The summed E-state index contributed by atoms with van der Waals surface area (Å²) in [4.78, 5) is 4.71. The number of ether oxygens (including phenoxy) is 2. The van der Waals surface area contributed by atoms with Crippen molar-refractivity contribution in [2.75, 3.05) is 39.5 Å². The van der Waals surface area contributed by atoms with Gasteiger partial charge in [-0.25, -0.2) is 12.8 Å². The van der Waals surface area contributed by atoms with Crippen LogP contribution in [0.15, 0.2) is 77.7 Å². The minimum Gasteiger partial charge on any atom is -0.454 e. The van der Waals surface area contributed by atoms with Gasteiger partial charge >= 0.3 is 0 Å². The molecule has 3 aromatic rings. The first-order valence-electron chi connectivity index (χ1n) is 12.0. The molecule has 0 radical (unpaired) electrons. The average Bonchev–Trinajstić information content (AvgIpc) is 3.34. The van der Waals surface area contributed by atoms with Crippen molar-refractivity contribution >= 4 is 22.4 Å². The summed E-state index contributed by atoms with van der Waals surface area (Å²) in [5, 5.41) is 0. The number of sulfonamides is 1. The molecule has 3 aromatic carbocycles. The molecule has 1 N–H and O–H groups in total. The van der Waals surface area contributed by atoms with Crippen LogP contribution in [0.1, 0.15) is 18.1 Å². The summed E-state index contributed by atoms with van der Waals surface area (Å²) in [6.07, 6.45) is 0. The highest BCUT2D eigenvalue weighted by molar-refractivity contribution is 7.89. The number of halogens is 2. The van der Waals surface area contributed by atoms with Crippen LogP contribution in [0.2, 0.25) is 0 Å². The van der Waals surface area contributed by atoms with Gasteiger partial charge in [-0.1, -0.05) is 36.4 Å². The Kier molecular flexibility index (Phi) is 8.40. The topological polar surface area (TPSA) is 71.1 Å². The quantitative estimate of drug-likeness (QED) is 0.460. The molecule has 2 aliphatic rings. The van der Waals surface area contributed by atoms with Crippen LogP contribution in [0.4, 0.5) is 4.39 Å². The van der Waals surface area contributed by atoms with Gasteiger partial charge in [0.2, 0.25) is 16.8 Å². The van der Waals surface area contributed by atoms with Crippen LogP contribution in [0.25, 0.3) is 0 Å². The fraction of sp³-hybridized carbons (Fsp3) is 0.333. The Labute approximate surface area is 223 Å². The highest BCUT2D eigenvalue weighted by atomic mass is 35.5. The maximum atomic E-state index is 13.4. The van der Waals surface area contributed by atoms with Gasteiger partial charge in [0, 0.05) is 39.3 Å². The van der Waals surface area contributed by atoms with Crippen molar-refractivity contribution in [2.24, 2.45) is 0 Å². The van der Waals surface area contributed by atoms with Gasteiger partial charge in [0.1, 0.15) is 5.82 Å². The van der Waals surface area contributed by atoms with Gasteiger partial charge in [-0.05, 0) is 54.4 Å². The zero-order chi connectivity index (χ0) is 25.2. The van der Waals surface area contributed by atoms with E-state index in [-0.39, 0.29) is 24.1 Å². The lowest BCUT2D eigenvalue weighted by atomic mass is 9.92. The SMILES string of the molecule is CC(CN1CCN(Cc2ccc3c(c2)OCO3)CC1)(NS(=O)(=O)c1ccc(F)cc1)c1ccccc1.Cl. The number of piperazine rings is 1. The fourth-order valence-corrected chi connectivity index (χ4v) is 6.20. The predicted molar refractivity (Wildman–Crippen MR) is 142 cm³/mol. The lowest BCUT2D eigenvalue weighted by Crippen LogP contribution is -2.55. The molecular weight excluding hydrogens is 517 g/mol. The van der Waals surface area contributed by atoms with E-state index in [0.717, 1.165) is 61.9 Å². The molecule has 0 aromatic heterocycles. The van der Waals surface area contributed by atoms with Crippen molar-refractivity contribution < 1.29 is 22.3 Å². The van der Waals surface area contributed by atoms with Crippen LogP contribution >= 0.6 is 12.4 Å². The Hall–Kier alpha value is -2.69.